The van der Waals surface area contributed by atoms with Crippen LogP contribution in [-0.4, -0.2) is 39.0 Å². The predicted octanol–water partition coefficient (Wildman–Crippen LogP) is 4.35. The van der Waals surface area contributed by atoms with Gasteiger partial charge in [-0.1, -0.05) is 24.3 Å². The van der Waals surface area contributed by atoms with Gasteiger partial charge in [-0.15, -0.1) is 0 Å². The molecule has 194 valence electrons. The van der Waals surface area contributed by atoms with Crippen molar-refractivity contribution in [2.24, 2.45) is 0 Å². The highest BCUT2D eigenvalue weighted by Gasteiger charge is 2.17. The summed E-state index contributed by atoms with van der Waals surface area (Å²) in [4.78, 5) is 21.9. The standard InChI is InChI=1S/C26H20N2O8S2/c29-25(30)19-1-9-21(10-2-19)27-37(33,34)23-13-5-17(6-14-23)18-7-15-24(16-8-18)38(35,36)28-22-11-3-20(4-12-22)26(31)32/h1-16,27-28H,(H,29,30)(H,31,32). The number of carboxylic acids is 2. The van der Waals surface area contributed by atoms with Crippen molar-refractivity contribution in [3.63, 3.8) is 0 Å². The van der Waals surface area contributed by atoms with E-state index in [-0.39, 0.29) is 32.3 Å². The van der Waals surface area contributed by atoms with Crippen molar-refractivity contribution in [1.29, 1.82) is 0 Å². The number of hydrogen-bond acceptors (Lipinski definition) is 6. The Morgan fingerprint density at radius 1 is 0.474 bits per heavy atom. The number of anilines is 2. The van der Waals surface area contributed by atoms with Crippen molar-refractivity contribution in [3.8, 4) is 11.1 Å². The monoisotopic (exact) mass is 552 g/mol. The smallest absolute Gasteiger partial charge is 0.335 e. The predicted molar refractivity (Wildman–Crippen MR) is 140 cm³/mol. The summed E-state index contributed by atoms with van der Waals surface area (Å²) in [6.45, 7) is 0. The first-order valence-corrected chi connectivity index (χ1v) is 13.8. The van der Waals surface area contributed by atoms with Crippen LogP contribution in [0.2, 0.25) is 0 Å². The zero-order chi connectivity index (χ0) is 27.5. The van der Waals surface area contributed by atoms with Crippen LogP contribution in [0.3, 0.4) is 0 Å². The molecule has 0 saturated heterocycles. The van der Waals surface area contributed by atoms with Gasteiger partial charge in [0.15, 0.2) is 0 Å². The second-order valence-corrected chi connectivity index (χ2v) is 11.4. The van der Waals surface area contributed by atoms with Crippen LogP contribution in [0.25, 0.3) is 11.1 Å². The van der Waals surface area contributed by atoms with Crippen molar-refractivity contribution in [2.45, 2.75) is 9.79 Å². The van der Waals surface area contributed by atoms with Gasteiger partial charge in [0.1, 0.15) is 0 Å². The van der Waals surface area contributed by atoms with Gasteiger partial charge in [0.25, 0.3) is 20.0 Å². The lowest BCUT2D eigenvalue weighted by molar-refractivity contribution is 0.0686. The second kappa shape index (κ2) is 10.4. The second-order valence-electron chi connectivity index (χ2n) is 8.02. The number of aromatic carboxylic acids is 2. The lowest BCUT2D eigenvalue weighted by atomic mass is 10.1. The molecule has 0 spiro atoms. The van der Waals surface area contributed by atoms with Gasteiger partial charge in [0, 0.05) is 11.4 Å². The van der Waals surface area contributed by atoms with Gasteiger partial charge in [-0.3, -0.25) is 9.44 Å². The Labute approximate surface area is 218 Å². The molecule has 0 unspecified atom stereocenters. The summed E-state index contributed by atoms with van der Waals surface area (Å²) in [5, 5.41) is 17.9. The number of carboxylic acid groups (broad SMARTS) is 2. The zero-order valence-electron chi connectivity index (χ0n) is 19.4. The van der Waals surface area contributed by atoms with E-state index in [0.717, 1.165) is 0 Å². The molecule has 38 heavy (non-hydrogen) atoms. The normalized spacial score (nSPS) is 11.5. The van der Waals surface area contributed by atoms with Crippen LogP contribution >= 0.6 is 0 Å². The molecule has 0 bridgehead atoms. The average molecular weight is 553 g/mol. The molecule has 4 rings (SSSR count). The van der Waals surface area contributed by atoms with Crippen LogP contribution in [0.5, 0.6) is 0 Å². The minimum Gasteiger partial charge on any atom is -0.478 e. The quantitative estimate of drug-likeness (QED) is 0.238. The van der Waals surface area contributed by atoms with E-state index < -0.39 is 32.0 Å². The van der Waals surface area contributed by atoms with Gasteiger partial charge in [-0.25, -0.2) is 26.4 Å². The van der Waals surface area contributed by atoms with E-state index in [2.05, 4.69) is 9.44 Å². The number of sulfonamides is 2. The molecule has 4 aromatic rings. The van der Waals surface area contributed by atoms with Crippen LogP contribution in [0.4, 0.5) is 11.4 Å². The third-order valence-corrected chi connectivity index (χ3v) is 8.23. The van der Waals surface area contributed by atoms with E-state index in [4.69, 9.17) is 10.2 Å². The topological polar surface area (TPSA) is 167 Å². The van der Waals surface area contributed by atoms with Crippen molar-refractivity contribution < 1.29 is 36.6 Å². The minimum atomic E-state index is -3.93. The van der Waals surface area contributed by atoms with E-state index in [1.165, 1.54) is 72.8 Å². The Hall–Kier alpha value is -4.68. The van der Waals surface area contributed by atoms with Crippen LogP contribution < -0.4 is 9.44 Å². The maximum atomic E-state index is 12.7. The Morgan fingerprint density at radius 2 is 0.763 bits per heavy atom. The van der Waals surface area contributed by atoms with Crippen LogP contribution in [0.1, 0.15) is 20.7 Å². The molecule has 4 aromatic carbocycles. The van der Waals surface area contributed by atoms with Crippen molar-refractivity contribution in [3.05, 3.63) is 108 Å². The fourth-order valence-corrected chi connectivity index (χ4v) is 5.56. The first-order valence-electron chi connectivity index (χ1n) is 10.9. The molecular weight excluding hydrogens is 532 g/mol. The molecule has 4 N–H and O–H groups in total. The van der Waals surface area contributed by atoms with Gasteiger partial charge in [-0.05, 0) is 83.9 Å². The van der Waals surface area contributed by atoms with Crippen molar-refractivity contribution in [2.75, 3.05) is 9.44 Å². The SMILES string of the molecule is O=C(O)c1ccc(NS(=O)(=O)c2ccc(-c3ccc(S(=O)(=O)Nc4ccc(C(=O)O)cc4)cc3)cc2)cc1. The van der Waals surface area contributed by atoms with E-state index in [1.807, 2.05) is 0 Å². The van der Waals surface area contributed by atoms with Crippen LogP contribution in [-0.2, 0) is 20.0 Å². The van der Waals surface area contributed by atoms with Crippen LogP contribution in [0.15, 0.2) is 107 Å². The summed E-state index contributed by atoms with van der Waals surface area (Å²) in [6.07, 6.45) is 0. The molecule has 10 nitrogen and oxygen atoms in total. The maximum absolute atomic E-state index is 12.7. The van der Waals surface area contributed by atoms with Crippen molar-refractivity contribution in [1.82, 2.24) is 0 Å². The van der Waals surface area contributed by atoms with Crippen molar-refractivity contribution >= 4 is 43.4 Å². The fraction of sp³-hybridized carbons (Fsp3) is 0. The highest BCUT2D eigenvalue weighted by Crippen LogP contribution is 2.25. The number of carbonyl (C=O) groups is 2. The largest absolute Gasteiger partial charge is 0.478 e. The minimum absolute atomic E-state index is 0.0131. The van der Waals surface area contributed by atoms with Gasteiger partial charge in [-0.2, -0.15) is 0 Å². The summed E-state index contributed by atoms with van der Waals surface area (Å²) in [5.41, 5.74) is 1.78. The number of nitrogens with one attached hydrogen (secondary N) is 2. The van der Waals surface area contributed by atoms with E-state index in [1.54, 1.807) is 24.3 Å². The van der Waals surface area contributed by atoms with E-state index in [9.17, 15) is 26.4 Å². The maximum Gasteiger partial charge on any atom is 0.335 e. The van der Waals surface area contributed by atoms with E-state index in [0.29, 0.717) is 11.1 Å². The van der Waals surface area contributed by atoms with Gasteiger partial charge in [0.05, 0.1) is 20.9 Å². The summed E-state index contributed by atoms with van der Waals surface area (Å²) in [6, 6.07) is 22.5. The van der Waals surface area contributed by atoms with Gasteiger partial charge >= 0.3 is 11.9 Å². The highest BCUT2D eigenvalue weighted by molar-refractivity contribution is 7.93. The average Bonchev–Trinajstić information content (AvgIpc) is 2.89. The third kappa shape index (κ3) is 5.99. The zero-order valence-corrected chi connectivity index (χ0v) is 21.0. The molecule has 0 aromatic heterocycles. The van der Waals surface area contributed by atoms with Crippen LogP contribution in [0, 0.1) is 0 Å². The molecule has 0 atom stereocenters. The highest BCUT2D eigenvalue weighted by atomic mass is 32.2. The molecule has 0 saturated carbocycles. The molecule has 12 heteroatoms. The summed E-state index contributed by atoms with van der Waals surface area (Å²) in [5.74, 6) is -2.24. The molecule has 0 aliphatic heterocycles. The summed E-state index contributed by atoms with van der Waals surface area (Å²) in [7, 11) is -7.85. The molecule has 0 heterocycles. The molecule has 0 radical (unpaired) electrons. The molecular formula is C26H20N2O8S2. The summed E-state index contributed by atoms with van der Waals surface area (Å²) < 4.78 is 55.6. The van der Waals surface area contributed by atoms with Gasteiger partial charge in [0.2, 0.25) is 0 Å². The Balaban J connectivity index is 1.46. The van der Waals surface area contributed by atoms with Gasteiger partial charge < -0.3 is 10.2 Å². The summed E-state index contributed by atoms with van der Waals surface area (Å²) >= 11 is 0. The third-order valence-electron chi connectivity index (χ3n) is 5.43. The first-order chi connectivity index (χ1) is 17.9. The Bertz CT molecular complexity index is 1570. The number of benzene rings is 4. The molecule has 0 amide bonds. The molecule has 0 aliphatic rings. The Kier molecular flexibility index (Phi) is 7.19. The lowest BCUT2D eigenvalue weighted by Crippen LogP contribution is -2.13. The molecule has 0 fully saturated rings. The number of hydrogen-bond donors (Lipinski definition) is 4. The van der Waals surface area contributed by atoms with E-state index >= 15 is 0 Å². The fourth-order valence-electron chi connectivity index (χ4n) is 3.44. The lowest BCUT2D eigenvalue weighted by Gasteiger charge is -2.10. The Morgan fingerprint density at radius 3 is 1.03 bits per heavy atom. The number of rotatable bonds is 9. The molecule has 0 aliphatic carbocycles. The first kappa shape index (κ1) is 26.4.